The van der Waals surface area contributed by atoms with Crippen LogP contribution in [-0.2, 0) is 13.5 Å². The van der Waals surface area contributed by atoms with Crippen LogP contribution in [0, 0.1) is 18.3 Å². The fourth-order valence-corrected chi connectivity index (χ4v) is 5.43. The summed E-state index contributed by atoms with van der Waals surface area (Å²) >= 11 is 0. The fourth-order valence-electron chi connectivity index (χ4n) is 5.43. The topological polar surface area (TPSA) is 99.8 Å². The van der Waals surface area contributed by atoms with Gasteiger partial charge in [-0.25, -0.2) is 14.0 Å². The van der Waals surface area contributed by atoms with Gasteiger partial charge in [0.1, 0.15) is 11.5 Å². The van der Waals surface area contributed by atoms with Crippen molar-refractivity contribution >= 4 is 17.1 Å². The summed E-state index contributed by atoms with van der Waals surface area (Å²) in [7, 11) is 1.75. The van der Waals surface area contributed by atoms with Crippen molar-refractivity contribution < 1.29 is 0 Å². The minimum absolute atomic E-state index is 0.0757. The summed E-state index contributed by atoms with van der Waals surface area (Å²) in [5.74, 6) is 0.796. The van der Waals surface area contributed by atoms with E-state index in [2.05, 4.69) is 47.8 Å². The molecule has 0 aromatic carbocycles. The number of hydrogen-bond donors (Lipinski definition) is 0. The Morgan fingerprint density at radius 2 is 1.92 bits per heavy atom. The summed E-state index contributed by atoms with van der Waals surface area (Å²) in [6.07, 6.45) is 4.10. The van der Waals surface area contributed by atoms with E-state index in [0.29, 0.717) is 11.3 Å². The highest BCUT2D eigenvalue weighted by molar-refractivity contribution is 5.52. The van der Waals surface area contributed by atoms with Gasteiger partial charge in [0.2, 0.25) is 0 Å². The third-order valence-corrected chi connectivity index (χ3v) is 7.51. The Labute approximate surface area is 210 Å². The van der Waals surface area contributed by atoms with Gasteiger partial charge in [0.15, 0.2) is 5.65 Å². The quantitative estimate of drug-likeness (QED) is 0.412. The molecule has 0 spiro atoms. The highest BCUT2D eigenvalue weighted by Crippen LogP contribution is 2.31. The Hall–Kier alpha value is -3.71. The molecular formula is C26H33N9O. The third kappa shape index (κ3) is 4.03. The molecule has 10 nitrogen and oxygen atoms in total. The molecule has 1 aliphatic heterocycles. The first-order chi connectivity index (χ1) is 17.3. The van der Waals surface area contributed by atoms with Crippen LogP contribution in [0.3, 0.4) is 0 Å². The number of hydrogen-bond acceptors (Lipinski definition) is 7. The van der Waals surface area contributed by atoms with E-state index in [-0.39, 0.29) is 30.1 Å². The molecule has 0 radical (unpaired) electrons. The highest BCUT2D eigenvalue weighted by atomic mass is 16.1. The van der Waals surface area contributed by atoms with Gasteiger partial charge < -0.3 is 4.90 Å². The summed E-state index contributed by atoms with van der Waals surface area (Å²) in [5.41, 5.74) is 4.15. The molecule has 10 heteroatoms. The lowest BCUT2D eigenvalue weighted by Gasteiger charge is -2.49. The predicted octanol–water partition coefficient (Wildman–Crippen LogP) is 2.89. The summed E-state index contributed by atoms with van der Waals surface area (Å²) < 4.78 is 5.25. The Bertz CT molecular complexity index is 1510. The first-order valence-corrected chi connectivity index (χ1v) is 12.7. The Balaban J connectivity index is 1.50. The zero-order valence-corrected chi connectivity index (χ0v) is 21.6. The average Bonchev–Trinajstić information content (AvgIpc) is 3.47. The van der Waals surface area contributed by atoms with E-state index >= 15 is 0 Å². The number of anilines is 1. The zero-order chi connectivity index (χ0) is 25.6. The summed E-state index contributed by atoms with van der Waals surface area (Å²) in [4.78, 5) is 22.7. The molecule has 3 atom stereocenters. The second-order valence-electron chi connectivity index (χ2n) is 9.73. The van der Waals surface area contributed by atoms with Crippen LogP contribution in [0.25, 0.3) is 11.3 Å². The highest BCUT2D eigenvalue weighted by Gasteiger charge is 2.36. The van der Waals surface area contributed by atoms with Crippen molar-refractivity contribution in [2.45, 2.75) is 65.1 Å². The minimum atomic E-state index is -0.0757. The molecule has 5 rings (SSSR count). The number of nitriles is 1. The van der Waals surface area contributed by atoms with Gasteiger partial charge in [-0.15, -0.1) is 0 Å². The van der Waals surface area contributed by atoms with Gasteiger partial charge in [-0.2, -0.15) is 15.5 Å². The summed E-state index contributed by atoms with van der Waals surface area (Å²) in [6.45, 7) is 10.2. The van der Waals surface area contributed by atoms with E-state index in [1.165, 1.54) is 0 Å². The van der Waals surface area contributed by atoms with E-state index in [0.717, 1.165) is 48.8 Å². The number of fused-ring (bicyclic) bond motifs is 2. The SMILES string of the molecule is CC[C@H]1CN([C@@H](C)c2ccn3nc(C)cc3n2)[C@H](CC)CN1c1cc(=O)n(C)c2cc(CC#N)nn12. The zero-order valence-electron chi connectivity index (χ0n) is 21.6. The van der Waals surface area contributed by atoms with Crippen LogP contribution in [-0.4, -0.2) is 58.9 Å². The molecular weight excluding hydrogens is 454 g/mol. The Morgan fingerprint density at radius 3 is 2.64 bits per heavy atom. The third-order valence-electron chi connectivity index (χ3n) is 7.51. The maximum Gasteiger partial charge on any atom is 0.255 e. The van der Waals surface area contributed by atoms with Crippen LogP contribution in [0.5, 0.6) is 0 Å². The molecule has 0 unspecified atom stereocenters. The molecule has 4 aromatic heterocycles. The second kappa shape index (κ2) is 9.39. The molecule has 1 aliphatic rings. The summed E-state index contributed by atoms with van der Waals surface area (Å²) in [6, 6.07) is 10.4. The minimum Gasteiger partial charge on any atom is -0.351 e. The van der Waals surface area contributed by atoms with E-state index in [1.807, 2.05) is 34.3 Å². The average molecular weight is 488 g/mol. The molecule has 0 N–H and O–H groups in total. The van der Waals surface area contributed by atoms with E-state index in [9.17, 15) is 10.1 Å². The van der Waals surface area contributed by atoms with Gasteiger partial charge in [-0.3, -0.25) is 14.3 Å². The summed E-state index contributed by atoms with van der Waals surface area (Å²) in [5, 5.41) is 18.3. The Kier molecular flexibility index (Phi) is 6.26. The normalized spacial score (nSPS) is 19.7. The molecule has 36 heavy (non-hydrogen) atoms. The first-order valence-electron chi connectivity index (χ1n) is 12.7. The van der Waals surface area contributed by atoms with Crippen LogP contribution < -0.4 is 10.5 Å². The van der Waals surface area contributed by atoms with Gasteiger partial charge >= 0.3 is 0 Å². The second-order valence-corrected chi connectivity index (χ2v) is 9.73. The van der Waals surface area contributed by atoms with Crippen molar-refractivity contribution in [2.24, 2.45) is 7.05 Å². The van der Waals surface area contributed by atoms with Crippen molar-refractivity contribution in [2.75, 3.05) is 18.0 Å². The van der Waals surface area contributed by atoms with Crippen molar-refractivity contribution in [3.8, 4) is 6.07 Å². The smallest absolute Gasteiger partial charge is 0.255 e. The van der Waals surface area contributed by atoms with E-state index in [4.69, 9.17) is 10.1 Å². The molecule has 1 saturated heterocycles. The van der Waals surface area contributed by atoms with Crippen LogP contribution >= 0.6 is 0 Å². The lowest BCUT2D eigenvalue weighted by atomic mass is 9.99. The molecule has 0 aliphatic carbocycles. The standard InChI is InChI=1S/C26H33N9O/c1-6-20-16-33(25-14-26(36)31(5)24-13-19(8-10-27)30-35(24)25)21(7-2)15-32(20)18(4)22-9-11-34-23(28-22)12-17(3)29-34/h9,11-14,18,20-21H,6-8,15-16H2,1-5H3/t18-,20+,21-/m0/s1. The molecule has 0 amide bonds. The van der Waals surface area contributed by atoms with Gasteiger partial charge in [-0.05, 0) is 32.8 Å². The van der Waals surface area contributed by atoms with Gasteiger partial charge in [-0.1, -0.05) is 13.8 Å². The fraction of sp³-hybridized carbons (Fsp3) is 0.500. The van der Waals surface area contributed by atoms with Crippen molar-refractivity contribution in [3.05, 3.63) is 57.9 Å². The maximum absolute atomic E-state index is 12.9. The first kappa shape index (κ1) is 24.0. The van der Waals surface area contributed by atoms with Crippen LogP contribution in [0.15, 0.2) is 35.3 Å². The lowest BCUT2D eigenvalue weighted by molar-refractivity contribution is 0.0985. The maximum atomic E-state index is 12.9. The van der Waals surface area contributed by atoms with Crippen molar-refractivity contribution in [3.63, 3.8) is 0 Å². The van der Waals surface area contributed by atoms with Gasteiger partial charge in [0.25, 0.3) is 5.56 Å². The monoisotopic (exact) mass is 487 g/mol. The number of piperazine rings is 1. The van der Waals surface area contributed by atoms with Crippen LogP contribution in [0.2, 0.25) is 0 Å². The molecule has 1 fully saturated rings. The largest absolute Gasteiger partial charge is 0.351 e. The number of rotatable bonds is 6. The van der Waals surface area contributed by atoms with Crippen molar-refractivity contribution in [1.82, 2.24) is 33.7 Å². The number of aryl methyl sites for hydroxylation is 2. The lowest BCUT2D eigenvalue weighted by Crippen LogP contribution is -2.59. The molecule has 0 saturated carbocycles. The van der Waals surface area contributed by atoms with E-state index in [1.54, 1.807) is 17.7 Å². The molecule has 188 valence electrons. The Morgan fingerprint density at radius 1 is 1.14 bits per heavy atom. The van der Waals surface area contributed by atoms with Crippen LogP contribution in [0.4, 0.5) is 5.82 Å². The predicted molar refractivity (Wildman–Crippen MR) is 138 cm³/mol. The molecule has 0 bridgehead atoms. The number of nitrogens with zero attached hydrogens (tertiary/aromatic N) is 9. The number of aromatic nitrogens is 6. The molecule has 4 aromatic rings. The van der Waals surface area contributed by atoms with Crippen molar-refractivity contribution in [1.29, 1.82) is 5.26 Å². The van der Waals surface area contributed by atoms with Gasteiger partial charge in [0.05, 0.1) is 29.6 Å². The van der Waals surface area contributed by atoms with Gasteiger partial charge in [0, 0.05) is 62.7 Å². The molecule has 5 heterocycles. The van der Waals surface area contributed by atoms with Crippen LogP contribution in [0.1, 0.15) is 56.7 Å². The van der Waals surface area contributed by atoms with E-state index < -0.39 is 0 Å².